The molecule has 0 bridgehead atoms. The van der Waals surface area contributed by atoms with Crippen LogP contribution in [0.1, 0.15) is 5.56 Å². The molecule has 1 aliphatic rings. The van der Waals surface area contributed by atoms with Gasteiger partial charge in [0.2, 0.25) is 10.0 Å². The molecule has 0 saturated heterocycles. The molecule has 3 rings (SSSR count). The second kappa shape index (κ2) is 6.47. The van der Waals surface area contributed by atoms with Crippen LogP contribution in [-0.4, -0.2) is 28.7 Å². The molecule has 2 aromatic carbocycles. The number of nitrogens with one attached hydrogen (secondary N) is 1. The molecule has 0 aromatic heterocycles. The van der Waals surface area contributed by atoms with Gasteiger partial charge in [-0.3, -0.25) is 0 Å². The van der Waals surface area contributed by atoms with Crippen LogP contribution in [0.5, 0.6) is 17.2 Å². The van der Waals surface area contributed by atoms with Crippen molar-refractivity contribution in [2.75, 3.05) is 20.3 Å². The number of ether oxygens (including phenoxy) is 3. The van der Waals surface area contributed by atoms with Gasteiger partial charge >= 0.3 is 0 Å². The van der Waals surface area contributed by atoms with Crippen LogP contribution in [0.15, 0.2) is 47.4 Å². The standard InChI is InChI=1S/C16H17NO5S/c1-20-14-5-3-2-4-12(14)11-17-23(18,19)13-6-7-15-16(10-13)22-9-8-21-15/h2-7,10,17H,8-9,11H2,1H3. The summed E-state index contributed by atoms with van der Waals surface area (Å²) in [7, 11) is -2.11. The van der Waals surface area contributed by atoms with Crippen LogP contribution >= 0.6 is 0 Å². The minimum atomic E-state index is -3.66. The number of hydrogen-bond donors (Lipinski definition) is 1. The highest BCUT2D eigenvalue weighted by Gasteiger charge is 2.19. The Balaban J connectivity index is 1.79. The minimum Gasteiger partial charge on any atom is -0.496 e. The normalized spacial score (nSPS) is 13.6. The Hall–Kier alpha value is -2.25. The molecule has 0 spiro atoms. The van der Waals surface area contributed by atoms with Gasteiger partial charge in [0.15, 0.2) is 11.5 Å². The van der Waals surface area contributed by atoms with E-state index in [9.17, 15) is 8.42 Å². The number of benzene rings is 2. The Morgan fingerprint density at radius 3 is 2.61 bits per heavy atom. The molecular weight excluding hydrogens is 318 g/mol. The zero-order chi connectivity index (χ0) is 16.3. The number of para-hydroxylation sites is 1. The van der Waals surface area contributed by atoms with Gasteiger partial charge in [-0.2, -0.15) is 0 Å². The largest absolute Gasteiger partial charge is 0.496 e. The van der Waals surface area contributed by atoms with Gasteiger partial charge in [-0.05, 0) is 18.2 Å². The predicted octanol–water partition coefficient (Wildman–Crippen LogP) is 1.94. The van der Waals surface area contributed by atoms with E-state index in [1.807, 2.05) is 18.2 Å². The molecule has 0 fully saturated rings. The van der Waals surface area contributed by atoms with Gasteiger partial charge in [-0.15, -0.1) is 0 Å². The van der Waals surface area contributed by atoms with E-state index in [4.69, 9.17) is 14.2 Å². The highest BCUT2D eigenvalue weighted by atomic mass is 32.2. The molecule has 1 N–H and O–H groups in total. The highest BCUT2D eigenvalue weighted by Crippen LogP contribution is 2.32. The summed E-state index contributed by atoms with van der Waals surface area (Å²) in [5.74, 6) is 1.63. The summed E-state index contributed by atoms with van der Waals surface area (Å²) in [6, 6.07) is 11.8. The van der Waals surface area contributed by atoms with E-state index in [1.165, 1.54) is 12.1 Å². The van der Waals surface area contributed by atoms with Gasteiger partial charge in [0.05, 0.1) is 12.0 Å². The smallest absolute Gasteiger partial charge is 0.241 e. The number of fused-ring (bicyclic) bond motifs is 1. The van der Waals surface area contributed by atoms with E-state index < -0.39 is 10.0 Å². The van der Waals surface area contributed by atoms with Crippen molar-refractivity contribution in [3.05, 3.63) is 48.0 Å². The van der Waals surface area contributed by atoms with Crippen molar-refractivity contribution in [3.8, 4) is 17.2 Å². The molecule has 2 aromatic rings. The fraction of sp³-hybridized carbons (Fsp3) is 0.250. The Morgan fingerprint density at radius 2 is 1.83 bits per heavy atom. The first-order valence-corrected chi connectivity index (χ1v) is 8.60. The van der Waals surface area contributed by atoms with Crippen LogP contribution in [-0.2, 0) is 16.6 Å². The van der Waals surface area contributed by atoms with Crippen LogP contribution in [0.2, 0.25) is 0 Å². The number of hydrogen-bond acceptors (Lipinski definition) is 5. The summed E-state index contributed by atoms with van der Waals surface area (Å²) in [4.78, 5) is 0.136. The van der Waals surface area contributed by atoms with Gasteiger partial charge < -0.3 is 14.2 Å². The molecule has 0 atom stereocenters. The summed E-state index contributed by atoms with van der Waals surface area (Å²) >= 11 is 0. The molecule has 23 heavy (non-hydrogen) atoms. The zero-order valence-corrected chi connectivity index (χ0v) is 13.4. The average Bonchev–Trinajstić information content (AvgIpc) is 2.60. The summed E-state index contributed by atoms with van der Waals surface area (Å²) in [6.45, 7) is 1.01. The van der Waals surface area contributed by atoms with Crippen molar-refractivity contribution in [3.63, 3.8) is 0 Å². The molecule has 0 amide bonds. The molecule has 1 heterocycles. The Labute approximate surface area is 135 Å². The lowest BCUT2D eigenvalue weighted by atomic mass is 10.2. The van der Waals surface area contributed by atoms with Gasteiger partial charge in [-0.25, -0.2) is 13.1 Å². The second-order valence-corrected chi connectivity index (χ2v) is 6.71. The van der Waals surface area contributed by atoms with Crippen LogP contribution in [0, 0.1) is 0 Å². The monoisotopic (exact) mass is 335 g/mol. The van der Waals surface area contributed by atoms with Gasteiger partial charge in [-0.1, -0.05) is 18.2 Å². The summed E-state index contributed by atoms with van der Waals surface area (Å²) in [5, 5.41) is 0. The maximum atomic E-state index is 12.4. The molecule has 0 saturated carbocycles. The van der Waals surface area contributed by atoms with Crippen LogP contribution in [0.4, 0.5) is 0 Å². The molecule has 6 nitrogen and oxygen atoms in total. The third kappa shape index (κ3) is 3.40. The molecule has 1 aliphatic heterocycles. The molecule has 122 valence electrons. The lowest BCUT2D eigenvalue weighted by Gasteiger charge is -2.19. The van der Waals surface area contributed by atoms with Crippen molar-refractivity contribution in [2.45, 2.75) is 11.4 Å². The van der Waals surface area contributed by atoms with E-state index in [-0.39, 0.29) is 11.4 Å². The van der Waals surface area contributed by atoms with Crippen molar-refractivity contribution < 1.29 is 22.6 Å². The fourth-order valence-electron chi connectivity index (χ4n) is 2.30. The third-order valence-electron chi connectivity index (χ3n) is 3.47. The Kier molecular flexibility index (Phi) is 4.40. The molecule has 0 aliphatic carbocycles. The quantitative estimate of drug-likeness (QED) is 0.904. The molecule has 7 heteroatoms. The molecule has 0 unspecified atom stereocenters. The Morgan fingerprint density at radius 1 is 1.09 bits per heavy atom. The summed E-state index contributed by atoms with van der Waals surface area (Å²) < 4.78 is 43.5. The van der Waals surface area contributed by atoms with Crippen LogP contribution in [0.25, 0.3) is 0 Å². The fourth-order valence-corrected chi connectivity index (χ4v) is 3.32. The SMILES string of the molecule is COc1ccccc1CNS(=O)(=O)c1ccc2c(c1)OCCO2. The van der Waals surface area contributed by atoms with E-state index >= 15 is 0 Å². The number of rotatable bonds is 5. The van der Waals surface area contributed by atoms with Crippen molar-refractivity contribution in [1.29, 1.82) is 0 Å². The van der Waals surface area contributed by atoms with Gasteiger partial charge in [0, 0.05) is 18.2 Å². The van der Waals surface area contributed by atoms with Crippen molar-refractivity contribution in [1.82, 2.24) is 4.72 Å². The minimum absolute atomic E-state index is 0.136. The second-order valence-electron chi connectivity index (χ2n) is 4.94. The Bertz CT molecular complexity index is 804. The van der Waals surface area contributed by atoms with E-state index in [0.29, 0.717) is 30.5 Å². The lowest BCUT2D eigenvalue weighted by molar-refractivity contribution is 0.171. The number of sulfonamides is 1. The molecular formula is C16H17NO5S. The molecule has 0 radical (unpaired) electrons. The van der Waals surface area contributed by atoms with Crippen LogP contribution in [0.3, 0.4) is 0 Å². The predicted molar refractivity (Wildman–Crippen MR) is 84.5 cm³/mol. The van der Waals surface area contributed by atoms with Gasteiger partial charge in [0.25, 0.3) is 0 Å². The summed E-state index contributed by atoms with van der Waals surface area (Å²) in [5.41, 5.74) is 0.760. The van der Waals surface area contributed by atoms with Crippen molar-refractivity contribution in [2.24, 2.45) is 0 Å². The average molecular weight is 335 g/mol. The summed E-state index contributed by atoms with van der Waals surface area (Å²) in [6.07, 6.45) is 0. The van der Waals surface area contributed by atoms with Gasteiger partial charge in [0.1, 0.15) is 19.0 Å². The maximum Gasteiger partial charge on any atom is 0.241 e. The first-order valence-electron chi connectivity index (χ1n) is 7.11. The first-order chi connectivity index (χ1) is 11.1. The maximum absolute atomic E-state index is 12.4. The third-order valence-corrected chi connectivity index (χ3v) is 4.87. The van der Waals surface area contributed by atoms with Crippen molar-refractivity contribution >= 4 is 10.0 Å². The van der Waals surface area contributed by atoms with E-state index in [0.717, 1.165) is 5.56 Å². The van der Waals surface area contributed by atoms with Crippen LogP contribution < -0.4 is 18.9 Å². The zero-order valence-electron chi connectivity index (χ0n) is 12.6. The highest BCUT2D eigenvalue weighted by molar-refractivity contribution is 7.89. The van der Waals surface area contributed by atoms with E-state index in [1.54, 1.807) is 19.2 Å². The number of methoxy groups -OCH3 is 1. The lowest BCUT2D eigenvalue weighted by Crippen LogP contribution is -2.24. The van der Waals surface area contributed by atoms with E-state index in [2.05, 4.69) is 4.72 Å². The first kappa shape index (κ1) is 15.6. The topological polar surface area (TPSA) is 73.9 Å².